The van der Waals surface area contributed by atoms with Crippen molar-refractivity contribution in [3.63, 3.8) is 0 Å². The fourth-order valence-electron chi connectivity index (χ4n) is 4.29. The van der Waals surface area contributed by atoms with Crippen LogP contribution in [0.1, 0.15) is 43.1 Å². The van der Waals surface area contributed by atoms with Crippen LogP contribution in [0.15, 0.2) is 46.8 Å². The van der Waals surface area contributed by atoms with Crippen LogP contribution in [0.2, 0.25) is 0 Å². The summed E-state index contributed by atoms with van der Waals surface area (Å²) in [5, 5.41) is 3.65. The van der Waals surface area contributed by atoms with Gasteiger partial charge in [0.1, 0.15) is 12.8 Å². The minimum atomic E-state index is -0.180. The van der Waals surface area contributed by atoms with E-state index in [1.165, 1.54) is 21.6 Å². The molecule has 0 saturated heterocycles. The molecule has 0 fully saturated rings. The van der Waals surface area contributed by atoms with Gasteiger partial charge in [0.2, 0.25) is 0 Å². The maximum atomic E-state index is 13.4. The van der Waals surface area contributed by atoms with Crippen LogP contribution >= 0.6 is 43.2 Å². The number of carbonyl (C=O) groups is 1. The van der Waals surface area contributed by atoms with Gasteiger partial charge >= 0.3 is 0 Å². The van der Waals surface area contributed by atoms with E-state index in [4.69, 9.17) is 14.5 Å². The number of methoxy groups -OCH3 is 1. The molecule has 1 amide bonds. The summed E-state index contributed by atoms with van der Waals surface area (Å²) in [6.45, 7) is 0.982. The SMILES string of the molecule is COc1cc2c(cc1OCc1cc(CBr)cc(CBr)c1)C=N[C@@H]1Cc3sccc3CN1C2=O. The number of rotatable bonds is 6. The van der Waals surface area contributed by atoms with Gasteiger partial charge in [-0.3, -0.25) is 9.79 Å². The number of ether oxygens (including phenoxy) is 2. The number of alkyl halides is 2. The number of benzene rings is 2. The number of thiophene rings is 1. The zero-order valence-electron chi connectivity index (χ0n) is 18.0. The van der Waals surface area contributed by atoms with Crippen LogP contribution in [0.5, 0.6) is 11.5 Å². The molecule has 5 rings (SSSR count). The fraction of sp³-hybridized carbons (Fsp3) is 0.280. The number of aliphatic imine (C=N–C) groups is 1. The van der Waals surface area contributed by atoms with Gasteiger partial charge in [-0.1, -0.05) is 50.1 Å². The van der Waals surface area contributed by atoms with Crippen LogP contribution < -0.4 is 9.47 Å². The molecule has 3 heterocycles. The largest absolute Gasteiger partial charge is 0.493 e. The molecule has 8 heteroatoms. The molecule has 0 N–H and O–H groups in total. The first-order valence-electron chi connectivity index (χ1n) is 10.6. The van der Waals surface area contributed by atoms with E-state index in [1.54, 1.807) is 30.7 Å². The van der Waals surface area contributed by atoms with Crippen molar-refractivity contribution in [3.8, 4) is 11.5 Å². The van der Waals surface area contributed by atoms with Crippen molar-refractivity contribution in [2.24, 2.45) is 4.99 Å². The van der Waals surface area contributed by atoms with E-state index in [2.05, 4.69) is 61.5 Å². The molecule has 0 aliphatic carbocycles. The first-order valence-corrected chi connectivity index (χ1v) is 13.7. The van der Waals surface area contributed by atoms with E-state index < -0.39 is 0 Å². The molecule has 0 bridgehead atoms. The molecular formula is C25H22Br2N2O3S. The fourth-order valence-corrected chi connectivity index (χ4v) is 5.86. The van der Waals surface area contributed by atoms with E-state index >= 15 is 0 Å². The lowest BCUT2D eigenvalue weighted by Crippen LogP contribution is -2.42. The Hall–Kier alpha value is -2.16. The summed E-state index contributed by atoms with van der Waals surface area (Å²) in [5.41, 5.74) is 6.02. The number of fused-ring (bicyclic) bond motifs is 3. The van der Waals surface area contributed by atoms with Crippen LogP contribution in [0.25, 0.3) is 0 Å². The summed E-state index contributed by atoms with van der Waals surface area (Å²) in [4.78, 5) is 21.4. The maximum Gasteiger partial charge on any atom is 0.256 e. The standard InChI is InChI=1S/C25H22Br2N2O3S/c1-31-21-8-20-19(7-22(21)32-14-17-5-15(10-26)4-16(6-17)11-27)12-28-24-9-23-18(2-3-33-23)13-29(24)25(20)30/h2-8,12,24H,9-11,13-14H2,1H3/t24-/m0/s1. The van der Waals surface area contributed by atoms with Crippen LogP contribution in [0, 0.1) is 0 Å². The summed E-state index contributed by atoms with van der Waals surface area (Å²) < 4.78 is 11.8. The highest BCUT2D eigenvalue weighted by Crippen LogP contribution is 2.36. The molecule has 1 aromatic heterocycles. The first-order chi connectivity index (χ1) is 16.1. The number of hydrogen-bond donors (Lipinski definition) is 0. The van der Waals surface area contributed by atoms with Gasteiger partial charge in [-0.05, 0) is 45.8 Å². The molecule has 0 unspecified atom stereocenters. The molecule has 2 aliphatic heterocycles. The second-order valence-electron chi connectivity index (χ2n) is 8.07. The lowest BCUT2D eigenvalue weighted by atomic mass is 10.0. The molecule has 0 spiro atoms. The Morgan fingerprint density at radius 1 is 1.09 bits per heavy atom. The lowest BCUT2D eigenvalue weighted by Gasteiger charge is -2.32. The predicted octanol–water partition coefficient (Wildman–Crippen LogP) is 6.08. The summed E-state index contributed by atoms with van der Waals surface area (Å²) >= 11 is 8.80. The number of halogens is 2. The van der Waals surface area contributed by atoms with Crippen molar-refractivity contribution in [1.29, 1.82) is 0 Å². The Morgan fingerprint density at radius 2 is 1.85 bits per heavy atom. The third-order valence-electron chi connectivity index (χ3n) is 5.93. The highest BCUT2D eigenvalue weighted by atomic mass is 79.9. The molecule has 2 aliphatic rings. The van der Waals surface area contributed by atoms with E-state index in [0.717, 1.165) is 28.2 Å². The number of nitrogens with zero attached hydrogens (tertiary/aromatic N) is 2. The topological polar surface area (TPSA) is 51.1 Å². The predicted molar refractivity (Wildman–Crippen MR) is 138 cm³/mol. The Bertz CT molecular complexity index is 1220. The van der Waals surface area contributed by atoms with E-state index in [0.29, 0.717) is 30.2 Å². The molecule has 2 aromatic carbocycles. The van der Waals surface area contributed by atoms with Gasteiger partial charge < -0.3 is 14.4 Å². The molecular weight excluding hydrogens is 568 g/mol. The average Bonchev–Trinajstić information content (AvgIpc) is 3.27. The zero-order valence-corrected chi connectivity index (χ0v) is 22.0. The van der Waals surface area contributed by atoms with Gasteiger partial charge in [0.05, 0.1) is 12.7 Å². The third kappa shape index (κ3) is 4.48. The normalized spacial score (nSPS) is 16.6. The van der Waals surface area contributed by atoms with Gasteiger partial charge in [0.25, 0.3) is 5.91 Å². The van der Waals surface area contributed by atoms with Gasteiger partial charge in [0.15, 0.2) is 11.5 Å². The summed E-state index contributed by atoms with van der Waals surface area (Å²) in [6, 6.07) is 12.2. The van der Waals surface area contributed by atoms with Crippen LogP contribution in [0.4, 0.5) is 0 Å². The summed E-state index contributed by atoms with van der Waals surface area (Å²) in [5.74, 6) is 1.11. The highest BCUT2D eigenvalue weighted by molar-refractivity contribution is 9.08. The molecule has 5 nitrogen and oxygen atoms in total. The van der Waals surface area contributed by atoms with Gasteiger partial charge in [0, 0.05) is 40.3 Å². The highest BCUT2D eigenvalue weighted by Gasteiger charge is 2.34. The van der Waals surface area contributed by atoms with Crippen LogP contribution in [0.3, 0.4) is 0 Å². The van der Waals surface area contributed by atoms with E-state index in [-0.39, 0.29) is 12.1 Å². The minimum Gasteiger partial charge on any atom is -0.493 e. The Balaban J connectivity index is 1.44. The number of amides is 1. The van der Waals surface area contributed by atoms with Crippen molar-refractivity contribution in [3.05, 3.63) is 80.0 Å². The van der Waals surface area contributed by atoms with Gasteiger partial charge in [-0.2, -0.15) is 0 Å². The lowest BCUT2D eigenvalue weighted by molar-refractivity contribution is 0.0654. The smallest absolute Gasteiger partial charge is 0.256 e. The zero-order chi connectivity index (χ0) is 22.9. The van der Waals surface area contributed by atoms with Crippen molar-refractivity contribution < 1.29 is 14.3 Å². The quantitative estimate of drug-likeness (QED) is 0.327. The molecule has 33 heavy (non-hydrogen) atoms. The average molecular weight is 590 g/mol. The van der Waals surface area contributed by atoms with Crippen molar-refractivity contribution in [1.82, 2.24) is 4.90 Å². The molecule has 1 atom stereocenters. The summed E-state index contributed by atoms with van der Waals surface area (Å²) in [7, 11) is 1.60. The van der Waals surface area contributed by atoms with Crippen molar-refractivity contribution in [2.45, 2.75) is 36.4 Å². The summed E-state index contributed by atoms with van der Waals surface area (Å²) in [6.07, 6.45) is 2.38. The number of carbonyl (C=O) groups excluding carboxylic acids is 1. The molecule has 0 saturated carbocycles. The Kier molecular flexibility index (Phi) is 6.58. The van der Waals surface area contributed by atoms with Crippen LogP contribution in [-0.4, -0.2) is 30.3 Å². The second-order valence-corrected chi connectivity index (χ2v) is 10.2. The second kappa shape index (κ2) is 9.60. The third-order valence-corrected chi connectivity index (χ3v) is 8.21. The number of hydrogen-bond acceptors (Lipinski definition) is 5. The Labute approximate surface area is 213 Å². The molecule has 3 aromatic rings. The van der Waals surface area contributed by atoms with E-state index in [1.807, 2.05) is 11.0 Å². The Morgan fingerprint density at radius 3 is 2.58 bits per heavy atom. The minimum absolute atomic E-state index is 0.0267. The van der Waals surface area contributed by atoms with Gasteiger partial charge in [-0.15, -0.1) is 11.3 Å². The van der Waals surface area contributed by atoms with E-state index in [9.17, 15) is 4.79 Å². The maximum absolute atomic E-state index is 13.4. The van der Waals surface area contributed by atoms with Crippen LogP contribution in [-0.2, 0) is 30.2 Å². The molecule has 170 valence electrons. The first kappa shape index (κ1) is 22.6. The van der Waals surface area contributed by atoms with Crippen molar-refractivity contribution in [2.75, 3.05) is 7.11 Å². The van der Waals surface area contributed by atoms with Crippen molar-refractivity contribution >= 4 is 55.3 Å². The molecule has 0 radical (unpaired) electrons. The monoisotopic (exact) mass is 588 g/mol. The van der Waals surface area contributed by atoms with Gasteiger partial charge in [-0.25, -0.2) is 0 Å².